The van der Waals surface area contributed by atoms with Gasteiger partial charge >= 0.3 is 0 Å². The summed E-state index contributed by atoms with van der Waals surface area (Å²) in [6.45, 7) is 2.44. The average molecular weight is 349 g/mol. The van der Waals surface area contributed by atoms with Crippen LogP contribution in [0.3, 0.4) is 0 Å². The molecule has 1 fully saturated rings. The van der Waals surface area contributed by atoms with Gasteiger partial charge in [-0.3, -0.25) is 0 Å². The molecule has 4 heterocycles. The Morgan fingerprint density at radius 1 is 1.08 bits per heavy atom. The molecule has 0 amide bonds. The molecule has 4 rings (SSSR count). The van der Waals surface area contributed by atoms with Crippen LogP contribution in [0.2, 0.25) is 0 Å². The number of nitrogens with two attached hydrogens (primary N) is 1. The summed E-state index contributed by atoms with van der Waals surface area (Å²) in [7, 11) is 0. The van der Waals surface area contributed by atoms with E-state index in [1.165, 1.54) is 18.5 Å². The molecule has 2 aromatic heterocycles. The van der Waals surface area contributed by atoms with Crippen molar-refractivity contribution in [2.75, 3.05) is 23.7 Å². The highest BCUT2D eigenvalue weighted by Gasteiger charge is 2.28. The third-order valence-electron chi connectivity index (χ3n) is 5.03. The zero-order valence-corrected chi connectivity index (χ0v) is 13.9. The van der Waals surface area contributed by atoms with Crippen molar-refractivity contribution >= 4 is 11.9 Å². The van der Waals surface area contributed by atoms with Crippen LogP contribution >= 0.6 is 0 Å². The Morgan fingerprint density at radius 2 is 1.88 bits per heavy atom. The van der Waals surface area contributed by atoms with E-state index >= 15 is 0 Å². The van der Waals surface area contributed by atoms with E-state index in [-0.39, 0.29) is 11.9 Å². The molecule has 134 valence electrons. The third-order valence-corrected chi connectivity index (χ3v) is 5.03. The topological polar surface area (TPSA) is 85.8 Å². The number of piperidine rings is 1. The van der Waals surface area contributed by atoms with E-state index in [0.29, 0.717) is 19.0 Å². The van der Waals surface area contributed by atoms with Crippen molar-refractivity contribution in [1.82, 2.24) is 24.5 Å². The summed E-state index contributed by atoms with van der Waals surface area (Å²) in [5.74, 6) is 1.07. The van der Waals surface area contributed by atoms with E-state index in [9.17, 15) is 8.78 Å². The second kappa shape index (κ2) is 6.53. The lowest BCUT2D eigenvalue weighted by molar-refractivity contribution is 0.140. The number of imidazole rings is 1. The average Bonchev–Trinajstić information content (AvgIpc) is 3.05. The van der Waals surface area contributed by atoms with Gasteiger partial charge in [-0.05, 0) is 32.1 Å². The van der Waals surface area contributed by atoms with Crippen molar-refractivity contribution in [2.45, 2.75) is 51.0 Å². The highest BCUT2D eigenvalue weighted by Crippen LogP contribution is 2.31. The van der Waals surface area contributed by atoms with Crippen LogP contribution in [0, 0.1) is 0 Å². The first-order valence-electron chi connectivity index (χ1n) is 8.70. The highest BCUT2D eigenvalue weighted by molar-refractivity contribution is 5.36. The van der Waals surface area contributed by atoms with Gasteiger partial charge in [0, 0.05) is 37.4 Å². The molecule has 2 N–H and O–H groups in total. The number of nitrogen functional groups attached to an aromatic ring is 1. The minimum absolute atomic E-state index is 0.162. The van der Waals surface area contributed by atoms with Gasteiger partial charge in [0.15, 0.2) is 0 Å². The molecule has 0 saturated carbocycles. The predicted molar refractivity (Wildman–Crippen MR) is 88.5 cm³/mol. The second-order valence-corrected chi connectivity index (χ2v) is 6.63. The van der Waals surface area contributed by atoms with E-state index in [2.05, 4.69) is 24.5 Å². The third kappa shape index (κ3) is 3.14. The van der Waals surface area contributed by atoms with E-state index in [1.54, 1.807) is 0 Å². The molecule has 0 atom stereocenters. The van der Waals surface area contributed by atoms with Crippen molar-refractivity contribution in [3.05, 3.63) is 23.5 Å². The van der Waals surface area contributed by atoms with Crippen LogP contribution in [-0.2, 0) is 13.0 Å². The number of anilines is 2. The molecule has 0 unspecified atom stereocenters. The molecule has 7 nitrogen and oxygen atoms in total. The van der Waals surface area contributed by atoms with Crippen molar-refractivity contribution in [2.24, 2.45) is 0 Å². The summed E-state index contributed by atoms with van der Waals surface area (Å²) in [6.07, 6.45) is 4.58. The molecule has 0 bridgehead atoms. The fourth-order valence-electron chi connectivity index (χ4n) is 3.76. The molecule has 0 aliphatic carbocycles. The maximum absolute atomic E-state index is 12.9. The monoisotopic (exact) mass is 349 g/mol. The molecule has 0 radical (unpaired) electrons. The zero-order chi connectivity index (χ0) is 17.4. The van der Waals surface area contributed by atoms with Gasteiger partial charge in [-0.1, -0.05) is 0 Å². The highest BCUT2D eigenvalue weighted by atomic mass is 19.3. The first kappa shape index (κ1) is 16.2. The summed E-state index contributed by atoms with van der Waals surface area (Å²) in [5.41, 5.74) is 6.88. The van der Waals surface area contributed by atoms with E-state index in [1.807, 2.05) is 11.1 Å². The van der Waals surface area contributed by atoms with Gasteiger partial charge in [0.1, 0.15) is 5.82 Å². The van der Waals surface area contributed by atoms with Crippen molar-refractivity contribution < 1.29 is 8.78 Å². The van der Waals surface area contributed by atoms with Crippen LogP contribution in [0.25, 0.3) is 0 Å². The molecule has 25 heavy (non-hydrogen) atoms. The van der Waals surface area contributed by atoms with Crippen molar-refractivity contribution in [1.29, 1.82) is 0 Å². The molecule has 9 heteroatoms. The Morgan fingerprint density at radius 3 is 2.64 bits per heavy atom. The first-order valence-corrected chi connectivity index (χ1v) is 8.70. The van der Waals surface area contributed by atoms with Crippen LogP contribution < -0.4 is 10.6 Å². The Balaban J connectivity index is 1.48. The quantitative estimate of drug-likeness (QED) is 0.915. The fraction of sp³-hybridized carbons (Fsp3) is 0.625. The Bertz CT molecular complexity index is 753. The number of halogens is 2. The number of nitrogens with zero attached hydrogens (tertiary/aromatic N) is 6. The number of rotatable bonds is 3. The van der Waals surface area contributed by atoms with Crippen LogP contribution in [-0.4, -0.2) is 37.6 Å². The van der Waals surface area contributed by atoms with Crippen LogP contribution in [0.4, 0.5) is 20.7 Å². The smallest absolute Gasteiger partial charge is 0.297 e. The van der Waals surface area contributed by atoms with Crippen LogP contribution in [0.1, 0.15) is 55.4 Å². The maximum Gasteiger partial charge on any atom is 0.297 e. The second-order valence-electron chi connectivity index (χ2n) is 6.63. The minimum atomic E-state index is -2.75. The van der Waals surface area contributed by atoms with Gasteiger partial charge in [-0.15, -0.1) is 0 Å². The summed E-state index contributed by atoms with van der Waals surface area (Å²) in [4.78, 5) is 17.9. The normalized spacial score (nSPS) is 18.6. The number of aryl methyl sites for hydroxylation is 1. The molecular formula is C16H21F2N7. The fourth-order valence-corrected chi connectivity index (χ4v) is 3.76. The van der Waals surface area contributed by atoms with Gasteiger partial charge in [0.05, 0.1) is 0 Å². The van der Waals surface area contributed by atoms with Crippen LogP contribution in [0.5, 0.6) is 0 Å². The number of alkyl halides is 2. The van der Waals surface area contributed by atoms with Gasteiger partial charge in [-0.25, -0.2) is 13.8 Å². The summed E-state index contributed by atoms with van der Waals surface area (Å²) in [5, 5.41) is 0. The zero-order valence-electron chi connectivity index (χ0n) is 13.9. The molecule has 0 spiro atoms. The maximum atomic E-state index is 12.9. The molecule has 2 aliphatic heterocycles. The van der Waals surface area contributed by atoms with Gasteiger partial charge in [-0.2, -0.15) is 15.0 Å². The number of hydrogen-bond donors (Lipinski definition) is 1. The van der Waals surface area contributed by atoms with Gasteiger partial charge < -0.3 is 15.2 Å². The van der Waals surface area contributed by atoms with Gasteiger partial charge in [0.2, 0.25) is 17.7 Å². The van der Waals surface area contributed by atoms with E-state index in [0.717, 1.165) is 31.6 Å². The standard InChI is InChI=1S/C16H21F2N7/c17-12(18)13-21-15(19)23-16(22-13)24-7-4-10(5-8-24)14-20-9-11-3-1-2-6-25(11)14/h9-10,12H,1-8H2,(H2,19,21,22,23). The van der Waals surface area contributed by atoms with Crippen LogP contribution in [0.15, 0.2) is 6.20 Å². The molecule has 0 aromatic carbocycles. The number of aromatic nitrogens is 5. The van der Waals surface area contributed by atoms with E-state index < -0.39 is 12.2 Å². The predicted octanol–water partition coefficient (Wildman–Crippen LogP) is 2.31. The Labute approximate surface area is 144 Å². The van der Waals surface area contributed by atoms with E-state index in [4.69, 9.17) is 5.73 Å². The number of fused-ring (bicyclic) bond motifs is 1. The lowest BCUT2D eigenvalue weighted by Crippen LogP contribution is -2.35. The molecule has 2 aromatic rings. The lowest BCUT2D eigenvalue weighted by Gasteiger charge is -2.32. The summed E-state index contributed by atoms with van der Waals surface area (Å²) >= 11 is 0. The Kier molecular flexibility index (Phi) is 4.22. The number of hydrogen-bond acceptors (Lipinski definition) is 6. The molecule has 2 aliphatic rings. The van der Waals surface area contributed by atoms with Gasteiger partial charge in [0.25, 0.3) is 6.43 Å². The summed E-state index contributed by atoms with van der Waals surface area (Å²) in [6, 6.07) is 0. The summed E-state index contributed by atoms with van der Waals surface area (Å²) < 4.78 is 28.1. The molecular weight excluding hydrogens is 328 g/mol. The van der Waals surface area contributed by atoms with Crippen molar-refractivity contribution in [3.63, 3.8) is 0 Å². The first-order chi connectivity index (χ1) is 12.1. The minimum Gasteiger partial charge on any atom is -0.368 e. The van der Waals surface area contributed by atoms with Crippen molar-refractivity contribution in [3.8, 4) is 0 Å². The largest absolute Gasteiger partial charge is 0.368 e. The molecule has 1 saturated heterocycles. The SMILES string of the molecule is Nc1nc(C(F)F)nc(N2CCC(c3ncc4n3CCCC4)CC2)n1. The lowest BCUT2D eigenvalue weighted by atomic mass is 9.95. The Hall–Kier alpha value is -2.32.